The van der Waals surface area contributed by atoms with Crippen molar-refractivity contribution in [2.75, 3.05) is 5.75 Å². The molecule has 0 aliphatic carbocycles. The molecule has 0 radical (unpaired) electrons. The SMILES string of the molecule is O=C(CSc1nnc(-c2ccccc2)s1)OCc1ccccc1. The van der Waals surface area contributed by atoms with Crippen molar-refractivity contribution in [1.82, 2.24) is 10.2 Å². The van der Waals surface area contributed by atoms with Gasteiger partial charge in [-0.05, 0) is 5.56 Å². The van der Waals surface area contributed by atoms with Crippen LogP contribution in [0.2, 0.25) is 0 Å². The van der Waals surface area contributed by atoms with E-state index in [9.17, 15) is 4.79 Å². The number of thioether (sulfide) groups is 1. The van der Waals surface area contributed by atoms with Gasteiger partial charge in [-0.25, -0.2) is 0 Å². The minimum absolute atomic E-state index is 0.232. The van der Waals surface area contributed by atoms with Gasteiger partial charge in [0.2, 0.25) is 0 Å². The Bertz CT molecular complexity index is 761. The Kier molecular flexibility index (Phi) is 5.39. The molecule has 0 saturated heterocycles. The average molecular weight is 342 g/mol. The van der Waals surface area contributed by atoms with Gasteiger partial charge in [-0.15, -0.1) is 10.2 Å². The number of hydrogen-bond acceptors (Lipinski definition) is 6. The van der Waals surface area contributed by atoms with E-state index in [-0.39, 0.29) is 11.7 Å². The van der Waals surface area contributed by atoms with E-state index in [1.165, 1.54) is 23.1 Å². The zero-order valence-electron chi connectivity index (χ0n) is 12.2. The number of esters is 1. The summed E-state index contributed by atoms with van der Waals surface area (Å²) in [6.45, 7) is 0.297. The molecule has 1 heterocycles. The van der Waals surface area contributed by atoms with Crippen LogP contribution in [0.1, 0.15) is 5.56 Å². The predicted octanol–water partition coefficient (Wildman–Crippen LogP) is 4.04. The molecule has 0 N–H and O–H groups in total. The molecule has 3 rings (SSSR count). The highest BCUT2D eigenvalue weighted by atomic mass is 32.2. The summed E-state index contributed by atoms with van der Waals surface area (Å²) in [5.41, 5.74) is 2.01. The average Bonchev–Trinajstić information content (AvgIpc) is 3.09. The molecule has 23 heavy (non-hydrogen) atoms. The monoisotopic (exact) mass is 342 g/mol. The molecule has 0 aliphatic rings. The lowest BCUT2D eigenvalue weighted by Crippen LogP contribution is -2.07. The van der Waals surface area contributed by atoms with E-state index in [0.29, 0.717) is 6.61 Å². The van der Waals surface area contributed by atoms with Crippen molar-refractivity contribution >= 4 is 29.1 Å². The number of rotatable bonds is 6. The molecule has 0 atom stereocenters. The zero-order valence-corrected chi connectivity index (χ0v) is 13.8. The van der Waals surface area contributed by atoms with Crippen LogP contribution in [0.25, 0.3) is 10.6 Å². The first-order valence-electron chi connectivity index (χ1n) is 7.02. The first-order valence-corrected chi connectivity index (χ1v) is 8.83. The molecular formula is C17H14N2O2S2. The molecule has 2 aromatic carbocycles. The first-order chi connectivity index (χ1) is 11.3. The first kappa shape index (κ1) is 15.7. The third kappa shape index (κ3) is 4.64. The quantitative estimate of drug-likeness (QED) is 0.500. The van der Waals surface area contributed by atoms with E-state index >= 15 is 0 Å². The van der Waals surface area contributed by atoms with Gasteiger partial charge in [0.05, 0.1) is 5.75 Å². The van der Waals surface area contributed by atoms with Crippen molar-refractivity contribution in [3.63, 3.8) is 0 Å². The molecule has 0 amide bonds. The second kappa shape index (κ2) is 7.89. The molecule has 0 unspecified atom stereocenters. The zero-order chi connectivity index (χ0) is 15.9. The van der Waals surface area contributed by atoms with E-state index in [0.717, 1.165) is 20.5 Å². The lowest BCUT2D eigenvalue weighted by molar-refractivity contribution is -0.141. The smallest absolute Gasteiger partial charge is 0.316 e. The molecule has 4 nitrogen and oxygen atoms in total. The third-order valence-electron chi connectivity index (χ3n) is 2.98. The van der Waals surface area contributed by atoms with E-state index in [1.54, 1.807) is 0 Å². The summed E-state index contributed by atoms with van der Waals surface area (Å²) >= 11 is 2.82. The summed E-state index contributed by atoms with van der Waals surface area (Å²) in [5.74, 6) is -0.0219. The van der Waals surface area contributed by atoms with Crippen LogP contribution in [-0.2, 0) is 16.1 Å². The molecule has 1 aromatic heterocycles. The minimum Gasteiger partial charge on any atom is -0.460 e. The van der Waals surface area contributed by atoms with Gasteiger partial charge in [-0.2, -0.15) is 0 Å². The second-order valence-electron chi connectivity index (χ2n) is 4.67. The molecule has 0 spiro atoms. The summed E-state index contributed by atoms with van der Waals surface area (Å²) in [5, 5.41) is 9.11. The maximum atomic E-state index is 11.8. The number of nitrogens with zero attached hydrogens (tertiary/aromatic N) is 2. The van der Waals surface area contributed by atoms with Crippen LogP contribution in [0.4, 0.5) is 0 Å². The molecule has 116 valence electrons. The Hall–Kier alpha value is -2.18. The molecule has 0 bridgehead atoms. The van der Waals surface area contributed by atoms with Crippen LogP contribution in [-0.4, -0.2) is 21.9 Å². The number of carbonyl (C=O) groups excluding carboxylic acids is 1. The van der Waals surface area contributed by atoms with Crippen LogP contribution in [0.15, 0.2) is 65.0 Å². The van der Waals surface area contributed by atoms with Crippen molar-refractivity contribution in [2.24, 2.45) is 0 Å². The third-order valence-corrected chi connectivity index (χ3v) is 5.06. The van der Waals surface area contributed by atoms with Crippen molar-refractivity contribution in [3.05, 3.63) is 66.2 Å². The topological polar surface area (TPSA) is 52.1 Å². The van der Waals surface area contributed by atoms with Gasteiger partial charge >= 0.3 is 5.97 Å². The van der Waals surface area contributed by atoms with Gasteiger partial charge in [0.1, 0.15) is 11.6 Å². The van der Waals surface area contributed by atoms with E-state index < -0.39 is 0 Å². The number of ether oxygens (including phenoxy) is 1. The standard InChI is InChI=1S/C17H14N2O2S2/c20-15(21-11-13-7-3-1-4-8-13)12-22-17-19-18-16(23-17)14-9-5-2-6-10-14/h1-10H,11-12H2. The maximum Gasteiger partial charge on any atom is 0.316 e. The molecular weight excluding hydrogens is 328 g/mol. The largest absolute Gasteiger partial charge is 0.460 e. The molecule has 3 aromatic rings. The Morgan fingerprint density at radius 3 is 2.43 bits per heavy atom. The highest BCUT2D eigenvalue weighted by Gasteiger charge is 2.10. The Morgan fingerprint density at radius 1 is 1.00 bits per heavy atom. The minimum atomic E-state index is -0.254. The lowest BCUT2D eigenvalue weighted by Gasteiger charge is -2.03. The summed E-state index contributed by atoms with van der Waals surface area (Å²) in [6, 6.07) is 19.5. The fraction of sp³-hybridized carbons (Fsp3) is 0.118. The van der Waals surface area contributed by atoms with Crippen LogP contribution >= 0.6 is 23.1 Å². The van der Waals surface area contributed by atoms with Crippen molar-refractivity contribution in [1.29, 1.82) is 0 Å². The highest BCUT2D eigenvalue weighted by Crippen LogP contribution is 2.29. The summed E-state index contributed by atoms with van der Waals surface area (Å²) < 4.78 is 6.00. The second-order valence-corrected chi connectivity index (χ2v) is 6.87. The number of carbonyl (C=O) groups is 1. The number of benzene rings is 2. The van der Waals surface area contributed by atoms with Crippen molar-refractivity contribution < 1.29 is 9.53 Å². The van der Waals surface area contributed by atoms with Crippen molar-refractivity contribution in [2.45, 2.75) is 10.9 Å². The summed E-state index contributed by atoms with van der Waals surface area (Å²) in [7, 11) is 0. The van der Waals surface area contributed by atoms with E-state index in [4.69, 9.17) is 4.74 Å². The van der Waals surface area contributed by atoms with E-state index in [2.05, 4.69) is 10.2 Å². The normalized spacial score (nSPS) is 10.4. The molecule has 6 heteroatoms. The van der Waals surface area contributed by atoms with E-state index in [1.807, 2.05) is 60.7 Å². The summed E-state index contributed by atoms with van der Waals surface area (Å²) in [4.78, 5) is 11.8. The van der Waals surface area contributed by atoms with Gasteiger partial charge in [-0.1, -0.05) is 83.8 Å². The molecule has 0 saturated carbocycles. The fourth-order valence-corrected chi connectivity index (χ4v) is 3.52. The van der Waals surface area contributed by atoms with Gasteiger partial charge in [-0.3, -0.25) is 4.79 Å². The maximum absolute atomic E-state index is 11.8. The highest BCUT2D eigenvalue weighted by molar-refractivity contribution is 8.01. The lowest BCUT2D eigenvalue weighted by atomic mass is 10.2. The predicted molar refractivity (Wildman–Crippen MR) is 92.3 cm³/mol. The van der Waals surface area contributed by atoms with Crippen LogP contribution < -0.4 is 0 Å². The van der Waals surface area contributed by atoms with Gasteiger partial charge in [0.15, 0.2) is 4.34 Å². The Labute approximate surface area is 142 Å². The van der Waals surface area contributed by atoms with Crippen LogP contribution in [0.5, 0.6) is 0 Å². The molecule has 0 fully saturated rings. The van der Waals surface area contributed by atoms with Gasteiger partial charge < -0.3 is 4.74 Å². The van der Waals surface area contributed by atoms with Crippen LogP contribution in [0, 0.1) is 0 Å². The summed E-state index contributed by atoms with van der Waals surface area (Å²) in [6.07, 6.45) is 0. The number of hydrogen-bond donors (Lipinski definition) is 0. The van der Waals surface area contributed by atoms with Gasteiger partial charge in [0.25, 0.3) is 0 Å². The Balaban J connectivity index is 1.49. The van der Waals surface area contributed by atoms with Gasteiger partial charge in [0, 0.05) is 5.56 Å². The van der Waals surface area contributed by atoms with Crippen LogP contribution in [0.3, 0.4) is 0 Å². The fourth-order valence-electron chi connectivity index (χ4n) is 1.87. The molecule has 0 aliphatic heterocycles. The van der Waals surface area contributed by atoms with Crippen molar-refractivity contribution in [3.8, 4) is 10.6 Å². The number of aromatic nitrogens is 2. The Morgan fingerprint density at radius 2 is 1.70 bits per heavy atom.